The molecule has 20 heavy (non-hydrogen) atoms. The molecule has 0 bridgehead atoms. The second kappa shape index (κ2) is 9.33. The maximum atomic E-state index is 12.0. The molecule has 0 aliphatic carbocycles. The highest BCUT2D eigenvalue weighted by Gasteiger charge is 2.13. The Morgan fingerprint density at radius 1 is 1.25 bits per heavy atom. The summed E-state index contributed by atoms with van der Waals surface area (Å²) in [5, 5.41) is 11.8. The summed E-state index contributed by atoms with van der Waals surface area (Å²) in [7, 11) is 0. The number of amides is 1. The first-order valence-corrected chi connectivity index (χ1v) is 7.82. The third kappa shape index (κ3) is 5.58. The molecular formula is C13H18N4OS2. The maximum absolute atomic E-state index is 12.0. The summed E-state index contributed by atoms with van der Waals surface area (Å²) >= 11 is 2.81. The molecule has 1 amide bonds. The molecule has 1 aromatic heterocycles. The van der Waals surface area contributed by atoms with Gasteiger partial charge in [-0.25, -0.2) is 0 Å². The van der Waals surface area contributed by atoms with E-state index in [4.69, 9.17) is 0 Å². The fraction of sp³-hybridized carbons (Fsp3) is 0.308. The van der Waals surface area contributed by atoms with Crippen molar-refractivity contribution in [2.24, 2.45) is 0 Å². The number of nitrogens with zero attached hydrogens (tertiary/aromatic N) is 3. The van der Waals surface area contributed by atoms with Gasteiger partial charge in [-0.05, 0) is 0 Å². The van der Waals surface area contributed by atoms with Crippen molar-refractivity contribution in [3.63, 3.8) is 0 Å². The summed E-state index contributed by atoms with van der Waals surface area (Å²) < 4.78 is 0.766. The van der Waals surface area contributed by atoms with Gasteiger partial charge < -0.3 is 10.2 Å². The van der Waals surface area contributed by atoms with E-state index in [0.717, 1.165) is 9.47 Å². The number of aromatic nitrogens is 2. The van der Waals surface area contributed by atoms with E-state index < -0.39 is 0 Å². The number of carbonyl (C=O) groups is 1. The second-order valence-corrected chi connectivity index (χ2v) is 5.91. The first-order valence-electron chi connectivity index (χ1n) is 6.02. The molecule has 0 saturated carbocycles. The highest BCUT2D eigenvalue weighted by molar-refractivity contribution is 8.01. The van der Waals surface area contributed by atoms with Gasteiger partial charge in [-0.1, -0.05) is 41.3 Å². The summed E-state index contributed by atoms with van der Waals surface area (Å²) in [4.78, 5) is 13.7. The molecule has 0 aromatic carbocycles. The summed E-state index contributed by atoms with van der Waals surface area (Å²) in [6.07, 6.45) is 5.16. The Hall–Kier alpha value is -1.60. The average molecular weight is 310 g/mol. The smallest absolute Gasteiger partial charge is 0.233 e. The fourth-order valence-electron chi connectivity index (χ4n) is 1.30. The number of hydrogen-bond acceptors (Lipinski definition) is 6. The van der Waals surface area contributed by atoms with Crippen LogP contribution in [0.5, 0.6) is 0 Å². The quantitative estimate of drug-likeness (QED) is 0.531. The van der Waals surface area contributed by atoms with Crippen LogP contribution in [0.15, 0.2) is 42.3 Å². The zero-order chi connectivity index (χ0) is 14.8. The number of rotatable bonds is 10. The zero-order valence-electron chi connectivity index (χ0n) is 11.2. The Bertz CT molecular complexity index is 463. The number of anilines is 1. The predicted octanol–water partition coefficient (Wildman–Crippen LogP) is 2.43. The third-order valence-electron chi connectivity index (χ3n) is 2.17. The molecule has 0 atom stereocenters. The maximum Gasteiger partial charge on any atom is 0.233 e. The van der Waals surface area contributed by atoms with Crippen molar-refractivity contribution in [1.82, 2.24) is 15.1 Å². The van der Waals surface area contributed by atoms with Gasteiger partial charge in [0.05, 0.1) is 5.75 Å². The molecule has 0 fully saturated rings. The van der Waals surface area contributed by atoms with Crippen LogP contribution in [-0.2, 0) is 4.79 Å². The molecule has 1 aromatic rings. The molecule has 0 unspecified atom stereocenters. The van der Waals surface area contributed by atoms with E-state index in [0.29, 0.717) is 25.4 Å². The third-order valence-corrected chi connectivity index (χ3v) is 4.17. The minimum atomic E-state index is 0.0330. The normalized spacial score (nSPS) is 9.80. The van der Waals surface area contributed by atoms with E-state index in [1.54, 1.807) is 23.1 Å². The highest BCUT2D eigenvalue weighted by Crippen LogP contribution is 2.25. The lowest BCUT2D eigenvalue weighted by molar-refractivity contribution is -0.127. The number of thioether (sulfide) groups is 1. The van der Waals surface area contributed by atoms with Gasteiger partial charge in [0.25, 0.3) is 0 Å². The van der Waals surface area contributed by atoms with Gasteiger partial charge in [0, 0.05) is 19.6 Å². The SMILES string of the molecule is C=CCNc1nnc(SCC(=O)N(CC=C)CC=C)s1. The molecule has 1 heterocycles. The molecule has 0 aliphatic heterocycles. The van der Waals surface area contributed by atoms with Gasteiger partial charge >= 0.3 is 0 Å². The summed E-state index contributed by atoms with van der Waals surface area (Å²) in [6, 6.07) is 0. The summed E-state index contributed by atoms with van der Waals surface area (Å²) in [5.74, 6) is 0.364. The lowest BCUT2D eigenvalue weighted by Crippen LogP contribution is -2.32. The minimum Gasteiger partial charge on any atom is -0.357 e. The van der Waals surface area contributed by atoms with E-state index in [9.17, 15) is 4.79 Å². The van der Waals surface area contributed by atoms with Crippen molar-refractivity contribution in [3.05, 3.63) is 38.0 Å². The van der Waals surface area contributed by atoms with E-state index in [1.807, 2.05) is 0 Å². The first kappa shape index (κ1) is 16.5. The second-order valence-electron chi connectivity index (χ2n) is 3.71. The molecule has 7 heteroatoms. The molecule has 108 valence electrons. The van der Waals surface area contributed by atoms with E-state index in [2.05, 4.69) is 35.3 Å². The van der Waals surface area contributed by atoms with Crippen LogP contribution in [0.25, 0.3) is 0 Å². The molecular weight excluding hydrogens is 292 g/mol. The number of hydrogen-bond donors (Lipinski definition) is 1. The largest absolute Gasteiger partial charge is 0.357 e. The molecule has 1 N–H and O–H groups in total. The molecule has 0 radical (unpaired) electrons. The van der Waals surface area contributed by atoms with Crippen LogP contribution in [0.2, 0.25) is 0 Å². The van der Waals surface area contributed by atoms with E-state index in [-0.39, 0.29) is 5.91 Å². The molecule has 1 rings (SSSR count). The van der Waals surface area contributed by atoms with Gasteiger partial charge in [0.1, 0.15) is 0 Å². The van der Waals surface area contributed by atoms with Crippen molar-refractivity contribution >= 4 is 34.1 Å². The lowest BCUT2D eigenvalue weighted by atomic mass is 10.4. The van der Waals surface area contributed by atoms with Crippen molar-refractivity contribution in [3.8, 4) is 0 Å². The Balaban J connectivity index is 2.46. The van der Waals surface area contributed by atoms with Gasteiger partial charge in [-0.3, -0.25) is 4.79 Å². The summed E-state index contributed by atoms with van der Waals surface area (Å²) in [6.45, 7) is 12.6. The van der Waals surface area contributed by atoms with Gasteiger partial charge in [0.15, 0.2) is 4.34 Å². The first-order chi connectivity index (χ1) is 9.71. The van der Waals surface area contributed by atoms with Crippen molar-refractivity contribution in [2.75, 3.05) is 30.7 Å². The Morgan fingerprint density at radius 3 is 2.55 bits per heavy atom. The molecule has 0 aliphatic rings. The average Bonchev–Trinajstić information content (AvgIpc) is 2.90. The van der Waals surface area contributed by atoms with Crippen LogP contribution < -0.4 is 5.32 Å². The monoisotopic (exact) mass is 310 g/mol. The fourth-order valence-corrected chi connectivity index (χ4v) is 2.97. The highest BCUT2D eigenvalue weighted by atomic mass is 32.2. The summed E-state index contributed by atoms with van der Waals surface area (Å²) in [5.41, 5.74) is 0. The Labute approximate surface area is 127 Å². The number of carbonyl (C=O) groups excluding carboxylic acids is 1. The van der Waals surface area contributed by atoms with Gasteiger partial charge in [0.2, 0.25) is 11.0 Å². The zero-order valence-corrected chi connectivity index (χ0v) is 12.9. The van der Waals surface area contributed by atoms with Crippen LogP contribution in [0.4, 0.5) is 5.13 Å². The molecule has 5 nitrogen and oxygen atoms in total. The van der Waals surface area contributed by atoms with Crippen LogP contribution >= 0.6 is 23.1 Å². The predicted molar refractivity (Wildman–Crippen MR) is 86.3 cm³/mol. The van der Waals surface area contributed by atoms with Gasteiger partial charge in [-0.15, -0.1) is 29.9 Å². The minimum absolute atomic E-state index is 0.0330. The topological polar surface area (TPSA) is 58.1 Å². The van der Waals surface area contributed by atoms with E-state index in [1.165, 1.54) is 23.1 Å². The standard InChI is InChI=1S/C13H18N4OS2/c1-4-7-14-12-15-16-13(20-12)19-10-11(18)17(8-5-2)9-6-3/h4-6H,1-3,7-10H2,(H,14,15). The lowest BCUT2D eigenvalue weighted by Gasteiger charge is -2.18. The van der Waals surface area contributed by atoms with Crippen LogP contribution in [0.1, 0.15) is 0 Å². The van der Waals surface area contributed by atoms with Crippen molar-refractivity contribution in [2.45, 2.75) is 4.34 Å². The van der Waals surface area contributed by atoms with Crippen molar-refractivity contribution < 1.29 is 4.79 Å². The Morgan fingerprint density at radius 2 is 1.95 bits per heavy atom. The molecule has 0 saturated heterocycles. The van der Waals surface area contributed by atoms with Crippen LogP contribution in [-0.4, -0.2) is 46.4 Å². The van der Waals surface area contributed by atoms with E-state index >= 15 is 0 Å². The van der Waals surface area contributed by atoms with Crippen LogP contribution in [0.3, 0.4) is 0 Å². The van der Waals surface area contributed by atoms with Gasteiger partial charge in [-0.2, -0.15) is 0 Å². The molecule has 0 spiro atoms. The van der Waals surface area contributed by atoms with Crippen LogP contribution in [0, 0.1) is 0 Å². The van der Waals surface area contributed by atoms with Crippen molar-refractivity contribution in [1.29, 1.82) is 0 Å². The Kier molecular flexibility index (Phi) is 7.67. The number of nitrogens with one attached hydrogen (secondary N) is 1.